The Morgan fingerprint density at radius 1 is 0.594 bits per heavy atom. The number of phenolic OH excluding ortho intramolecular Hbond substituents is 12. The van der Waals surface area contributed by atoms with Crippen LogP contribution in [0.5, 0.6) is 69.0 Å². The van der Waals surface area contributed by atoms with Crippen molar-refractivity contribution in [1.82, 2.24) is 0 Å². The lowest BCUT2D eigenvalue weighted by Crippen LogP contribution is -2.62. The van der Waals surface area contributed by atoms with E-state index >= 15 is 0 Å². The molecule has 15 N–H and O–H groups in total. The molecule has 7 atom stereocenters. The van der Waals surface area contributed by atoms with Gasteiger partial charge < -0.3 is 105 Å². The van der Waals surface area contributed by atoms with Crippen molar-refractivity contribution in [3.63, 3.8) is 0 Å². The zero-order valence-electron chi connectivity index (χ0n) is 33.7. The first-order chi connectivity index (χ1) is 32.3. The zero-order chi connectivity index (χ0) is 50.8. The second-order valence-electron chi connectivity index (χ2n) is 14.8. The Morgan fingerprint density at radius 2 is 1.09 bits per heavy atom. The first-order valence-corrected chi connectivity index (χ1v) is 18.9. The van der Waals surface area contributed by atoms with Crippen LogP contribution in [0, 0.1) is 0 Å². The number of ether oxygens (including phenoxy) is 6. The number of aromatic hydroxyl groups is 12. The number of aliphatic carboxylic acids is 2. The molecule has 7 unspecified atom stereocenters. The summed E-state index contributed by atoms with van der Waals surface area (Å²) >= 11 is 0. The fourth-order valence-electron chi connectivity index (χ4n) is 7.49. The van der Waals surface area contributed by atoms with Gasteiger partial charge in [0.25, 0.3) is 0 Å². The van der Waals surface area contributed by atoms with E-state index in [0.717, 1.165) is 0 Å². The number of hydrogen-bond donors (Lipinski definition) is 15. The molecule has 28 heteroatoms. The summed E-state index contributed by atoms with van der Waals surface area (Å²) in [7, 11) is 0. The molecule has 0 radical (unpaired) electrons. The highest BCUT2D eigenvalue weighted by Crippen LogP contribution is 2.54. The quantitative estimate of drug-likeness (QED) is 0.0493. The highest BCUT2D eigenvalue weighted by Gasteiger charge is 2.54. The molecule has 0 amide bonds. The summed E-state index contributed by atoms with van der Waals surface area (Å²) in [5.41, 5.74) is -8.70. The van der Waals surface area contributed by atoms with Crippen LogP contribution in [-0.4, -0.2) is 162 Å². The van der Waals surface area contributed by atoms with E-state index < -0.39 is 205 Å². The van der Waals surface area contributed by atoms with E-state index in [1.165, 1.54) is 0 Å². The first kappa shape index (κ1) is 47.4. The van der Waals surface area contributed by atoms with Crippen LogP contribution in [0.4, 0.5) is 0 Å². The Morgan fingerprint density at radius 3 is 1.62 bits per heavy atom. The molecule has 3 aliphatic heterocycles. The molecule has 69 heavy (non-hydrogen) atoms. The number of fused-ring (bicyclic) bond motifs is 6. The summed E-state index contributed by atoms with van der Waals surface area (Å²) in [6, 6.07) is 2.27. The predicted molar refractivity (Wildman–Crippen MR) is 209 cm³/mol. The van der Waals surface area contributed by atoms with Crippen LogP contribution in [0.15, 0.2) is 42.0 Å². The van der Waals surface area contributed by atoms with Gasteiger partial charge in [0.05, 0.1) is 33.7 Å². The smallest absolute Gasteiger partial charge is 0.346 e. The topological polar surface area (TPSA) is 478 Å². The standard InChI is InChI=1S/C41H30O28/c42-13-1-8(2-14(43)24(13)49)36(59)69-41-31(56)34-32(66-40(63)12(6-19(47)48)23-22-11(5-17(46)27(52)30(22)55)38(61)67-33(23)35(57)58)18(65-41)7-64-37(60)9-3-15(44)25(50)28(53)20(9)21-10(39(62)68-34)4-16(45)26(51)29(21)54/h1-6,18,23,31-34,41-46,49-56H,7H2,(H,47,48)(H,57,58). The number of carbonyl (C=O) groups is 7. The maximum absolute atomic E-state index is 14.5. The van der Waals surface area contributed by atoms with Gasteiger partial charge in [-0.2, -0.15) is 0 Å². The molecule has 362 valence electrons. The van der Waals surface area contributed by atoms with Crippen molar-refractivity contribution in [2.75, 3.05) is 6.61 Å². The summed E-state index contributed by atoms with van der Waals surface area (Å²) in [6.07, 6.45) is -15.5. The van der Waals surface area contributed by atoms with Crippen LogP contribution in [0.1, 0.15) is 52.9 Å². The lowest BCUT2D eigenvalue weighted by molar-refractivity contribution is -0.287. The van der Waals surface area contributed by atoms with Crippen LogP contribution in [0.3, 0.4) is 0 Å². The maximum atomic E-state index is 14.5. The minimum atomic E-state index is -2.71. The summed E-state index contributed by atoms with van der Waals surface area (Å²) in [6.45, 7) is -1.39. The summed E-state index contributed by atoms with van der Waals surface area (Å²) < 4.78 is 32.0. The lowest BCUT2D eigenvalue weighted by atomic mass is 9.80. The van der Waals surface area contributed by atoms with Crippen molar-refractivity contribution >= 4 is 41.8 Å². The molecule has 1 fully saturated rings. The van der Waals surface area contributed by atoms with Gasteiger partial charge >= 0.3 is 41.8 Å². The van der Waals surface area contributed by atoms with Crippen molar-refractivity contribution < 1.29 is 139 Å². The number of phenols is 12. The van der Waals surface area contributed by atoms with Crippen LogP contribution >= 0.6 is 0 Å². The van der Waals surface area contributed by atoms with E-state index in [1.807, 2.05) is 0 Å². The van der Waals surface area contributed by atoms with Crippen molar-refractivity contribution in [3.8, 4) is 80.1 Å². The Bertz CT molecular complexity index is 2950. The van der Waals surface area contributed by atoms with Crippen molar-refractivity contribution in [2.24, 2.45) is 0 Å². The molecular formula is C41H30O28. The van der Waals surface area contributed by atoms with Gasteiger partial charge in [-0.25, -0.2) is 33.6 Å². The SMILES string of the molecule is O=C(O)C=C(C(=O)OC1C2COC(=O)c3cc(O)c(O)c(O)c3-c3c(cc(O)c(O)c3O)C(=O)OC1C(O)C(OC(=O)c1cc(O)c(O)c(O)c1)O2)C1c2c(cc(O)c(O)c2O)C(=O)OC1C(=O)O. The molecule has 1 saturated heterocycles. The number of carboxylic acids is 2. The Labute approximate surface area is 379 Å². The Kier molecular flexibility index (Phi) is 11.9. The molecule has 0 spiro atoms. The normalized spacial score (nSPS) is 22.1. The van der Waals surface area contributed by atoms with E-state index in [4.69, 9.17) is 28.4 Å². The Balaban J connectivity index is 1.41. The van der Waals surface area contributed by atoms with Crippen LogP contribution in [0.25, 0.3) is 11.1 Å². The van der Waals surface area contributed by atoms with Crippen LogP contribution in [0.2, 0.25) is 0 Å². The maximum Gasteiger partial charge on any atom is 0.346 e. The van der Waals surface area contributed by atoms with Gasteiger partial charge in [0.15, 0.2) is 70.1 Å². The molecule has 4 aromatic carbocycles. The fourth-order valence-corrected chi connectivity index (χ4v) is 7.49. The molecule has 0 aromatic heterocycles. The van der Waals surface area contributed by atoms with Gasteiger partial charge in [-0.1, -0.05) is 0 Å². The van der Waals surface area contributed by atoms with Crippen molar-refractivity contribution in [3.05, 3.63) is 69.8 Å². The molecule has 3 heterocycles. The van der Waals surface area contributed by atoms with Gasteiger partial charge in [-0.3, -0.25) is 0 Å². The minimum absolute atomic E-state index is 0.0453. The number of benzene rings is 4. The van der Waals surface area contributed by atoms with Crippen LogP contribution < -0.4 is 0 Å². The number of rotatable bonds is 7. The third-order valence-corrected chi connectivity index (χ3v) is 10.7. The van der Waals surface area contributed by atoms with Gasteiger partial charge in [0.2, 0.25) is 29.6 Å². The molecule has 3 aliphatic rings. The van der Waals surface area contributed by atoms with Crippen molar-refractivity contribution in [2.45, 2.75) is 42.7 Å². The monoisotopic (exact) mass is 970 g/mol. The van der Waals surface area contributed by atoms with Gasteiger partial charge in [-0.05, 0) is 30.3 Å². The molecule has 0 aliphatic carbocycles. The third kappa shape index (κ3) is 8.11. The number of aliphatic hydroxyl groups excluding tert-OH is 1. The minimum Gasteiger partial charge on any atom is -0.504 e. The highest BCUT2D eigenvalue weighted by molar-refractivity contribution is 6.09. The number of carboxylic acid groups (broad SMARTS) is 2. The first-order valence-electron chi connectivity index (χ1n) is 18.9. The predicted octanol–water partition coefficient (Wildman–Crippen LogP) is -0.210. The molecule has 28 nitrogen and oxygen atoms in total. The number of cyclic esters (lactones) is 2. The zero-order valence-corrected chi connectivity index (χ0v) is 33.7. The highest BCUT2D eigenvalue weighted by atomic mass is 16.7. The van der Waals surface area contributed by atoms with E-state index in [-0.39, 0.29) is 6.08 Å². The number of esters is 5. The molecule has 4 aromatic rings. The fraction of sp³-hybridized carbons (Fsp3) is 0.195. The molecule has 0 saturated carbocycles. The van der Waals surface area contributed by atoms with Crippen LogP contribution in [-0.2, 0) is 42.8 Å². The molecule has 2 bridgehead atoms. The third-order valence-electron chi connectivity index (χ3n) is 10.7. The average Bonchev–Trinajstić information content (AvgIpc) is 3.28. The molecular weight excluding hydrogens is 940 g/mol. The number of aliphatic hydroxyl groups is 1. The van der Waals surface area contributed by atoms with Gasteiger partial charge in [0.1, 0.15) is 12.7 Å². The Hall–Kier alpha value is -9.57. The van der Waals surface area contributed by atoms with Gasteiger partial charge in [-0.15, -0.1) is 0 Å². The molecule has 7 rings (SSSR count). The van der Waals surface area contributed by atoms with Crippen molar-refractivity contribution in [1.29, 1.82) is 0 Å². The van der Waals surface area contributed by atoms with E-state index in [2.05, 4.69) is 0 Å². The van der Waals surface area contributed by atoms with E-state index in [1.54, 1.807) is 0 Å². The average molecular weight is 971 g/mol. The number of hydrogen-bond acceptors (Lipinski definition) is 26. The largest absolute Gasteiger partial charge is 0.504 e. The van der Waals surface area contributed by atoms with E-state index in [9.17, 15) is 110 Å². The number of carbonyl (C=O) groups excluding carboxylic acids is 5. The lowest BCUT2D eigenvalue weighted by Gasteiger charge is -2.43. The summed E-state index contributed by atoms with van der Waals surface area (Å²) in [5, 5.41) is 157. The van der Waals surface area contributed by atoms with Gasteiger partial charge in [0, 0.05) is 22.8 Å². The second-order valence-corrected chi connectivity index (χ2v) is 14.8. The second kappa shape index (κ2) is 17.3. The summed E-state index contributed by atoms with van der Waals surface area (Å²) in [5.74, 6) is -31.5. The summed E-state index contributed by atoms with van der Waals surface area (Å²) in [4.78, 5) is 93.8. The van der Waals surface area contributed by atoms with E-state index in [0.29, 0.717) is 30.3 Å².